The van der Waals surface area contributed by atoms with Gasteiger partial charge in [0, 0.05) is 25.1 Å². The standard InChI is InChI=1S/C14H26N4/c1-6-8-12-17-13(15-7-2)11(5)14(18-12)16-9-10(3)4/h10H,6-9H2,1-5H3,(H2,15,16,17,18). The molecule has 0 saturated carbocycles. The Kier molecular flexibility index (Phi) is 5.89. The predicted octanol–water partition coefficient (Wildman–Crippen LogP) is 3.24. The van der Waals surface area contributed by atoms with E-state index in [9.17, 15) is 0 Å². The molecule has 1 heterocycles. The van der Waals surface area contributed by atoms with Crippen molar-refractivity contribution < 1.29 is 0 Å². The molecule has 0 unspecified atom stereocenters. The van der Waals surface area contributed by atoms with Gasteiger partial charge >= 0.3 is 0 Å². The minimum absolute atomic E-state index is 0.608. The zero-order valence-electron chi connectivity index (χ0n) is 12.3. The molecule has 1 aromatic rings. The highest BCUT2D eigenvalue weighted by atomic mass is 15.1. The zero-order chi connectivity index (χ0) is 13.5. The van der Waals surface area contributed by atoms with E-state index in [1.54, 1.807) is 0 Å². The Bertz CT molecular complexity index is 374. The lowest BCUT2D eigenvalue weighted by atomic mass is 10.2. The molecule has 0 spiro atoms. The molecule has 0 aromatic carbocycles. The van der Waals surface area contributed by atoms with Gasteiger partial charge < -0.3 is 10.6 Å². The third kappa shape index (κ3) is 4.17. The lowest BCUT2D eigenvalue weighted by Crippen LogP contribution is -2.14. The number of hydrogen-bond acceptors (Lipinski definition) is 4. The molecule has 0 fully saturated rings. The average molecular weight is 250 g/mol. The smallest absolute Gasteiger partial charge is 0.134 e. The molecule has 4 nitrogen and oxygen atoms in total. The van der Waals surface area contributed by atoms with Crippen LogP contribution in [0.25, 0.3) is 0 Å². The topological polar surface area (TPSA) is 49.8 Å². The summed E-state index contributed by atoms with van der Waals surface area (Å²) in [6.45, 7) is 12.5. The van der Waals surface area contributed by atoms with E-state index in [0.29, 0.717) is 5.92 Å². The fraction of sp³-hybridized carbons (Fsp3) is 0.714. The first kappa shape index (κ1) is 14.7. The van der Waals surface area contributed by atoms with Crippen molar-refractivity contribution in [1.29, 1.82) is 0 Å². The number of aryl methyl sites for hydroxylation is 1. The Morgan fingerprint density at radius 1 is 1.06 bits per heavy atom. The first-order valence-electron chi connectivity index (χ1n) is 6.93. The summed E-state index contributed by atoms with van der Waals surface area (Å²) in [4.78, 5) is 9.19. The zero-order valence-corrected chi connectivity index (χ0v) is 12.3. The van der Waals surface area contributed by atoms with Crippen LogP contribution in [0.4, 0.5) is 11.6 Å². The fourth-order valence-electron chi connectivity index (χ4n) is 1.71. The summed E-state index contributed by atoms with van der Waals surface area (Å²) in [5, 5.41) is 6.73. The summed E-state index contributed by atoms with van der Waals surface area (Å²) in [5.41, 5.74) is 1.11. The van der Waals surface area contributed by atoms with Crippen LogP contribution in [0.2, 0.25) is 0 Å². The van der Waals surface area contributed by atoms with Gasteiger partial charge in [-0.2, -0.15) is 0 Å². The third-order valence-corrected chi connectivity index (χ3v) is 2.69. The normalized spacial score (nSPS) is 10.8. The van der Waals surface area contributed by atoms with Crippen molar-refractivity contribution in [3.8, 4) is 0 Å². The maximum Gasteiger partial charge on any atom is 0.134 e. The van der Waals surface area contributed by atoms with Gasteiger partial charge in [0.05, 0.1) is 0 Å². The molecule has 2 N–H and O–H groups in total. The van der Waals surface area contributed by atoms with Gasteiger partial charge in [-0.25, -0.2) is 9.97 Å². The van der Waals surface area contributed by atoms with Gasteiger partial charge in [0.15, 0.2) is 0 Å². The second-order valence-electron chi connectivity index (χ2n) is 5.02. The number of hydrogen-bond donors (Lipinski definition) is 2. The van der Waals surface area contributed by atoms with Crippen molar-refractivity contribution in [1.82, 2.24) is 9.97 Å². The summed E-state index contributed by atoms with van der Waals surface area (Å²) >= 11 is 0. The maximum absolute atomic E-state index is 4.61. The van der Waals surface area contributed by atoms with Crippen LogP contribution in [0.1, 0.15) is 45.5 Å². The van der Waals surface area contributed by atoms with E-state index in [2.05, 4.69) is 55.2 Å². The minimum atomic E-state index is 0.608. The lowest BCUT2D eigenvalue weighted by molar-refractivity contribution is 0.685. The van der Waals surface area contributed by atoms with Crippen LogP contribution in [0, 0.1) is 12.8 Å². The summed E-state index contributed by atoms with van der Waals surface area (Å²) in [7, 11) is 0. The van der Waals surface area contributed by atoms with Crippen molar-refractivity contribution in [2.75, 3.05) is 23.7 Å². The van der Waals surface area contributed by atoms with E-state index in [0.717, 1.165) is 49.0 Å². The molecule has 1 rings (SSSR count). The molecule has 4 heteroatoms. The number of nitrogens with one attached hydrogen (secondary N) is 2. The van der Waals surface area contributed by atoms with E-state index in [1.807, 2.05) is 0 Å². The summed E-state index contributed by atoms with van der Waals surface area (Å²) in [5.74, 6) is 3.46. The van der Waals surface area contributed by atoms with E-state index in [4.69, 9.17) is 0 Å². The molecule has 0 atom stereocenters. The van der Waals surface area contributed by atoms with Gasteiger partial charge in [-0.05, 0) is 26.2 Å². The highest BCUT2D eigenvalue weighted by Gasteiger charge is 2.10. The van der Waals surface area contributed by atoms with Gasteiger partial charge in [0.25, 0.3) is 0 Å². The molecule has 0 aliphatic carbocycles. The molecular formula is C14H26N4. The van der Waals surface area contributed by atoms with Crippen LogP contribution in [-0.4, -0.2) is 23.1 Å². The summed E-state index contributed by atoms with van der Waals surface area (Å²) < 4.78 is 0. The van der Waals surface area contributed by atoms with Crippen molar-refractivity contribution in [3.63, 3.8) is 0 Å². The second-order valence-corrected chi connectivity index (χ2v) is 5.02. The van der Waals surface area contributed by atoms with Crippen LogP contribution in [-0.2, 0) is 6.42 Å². The second kappa shape index (κ2) is 7.19. The van der Waals surface area contributed by atoms with Gasteiger partial charge in [-0.1, -0.05) is 20.8 Å². The Labute approximate surface area is 111 Å². The Hall–Kier alpha value is -1.32. The summed E-state index contributed by atoms with van der Waals surface area (Å²) in [6, 6.07) is 0. The Balaban J connectivity index is 2.97. The van der Waals surface area contributed by atoms with Gasteiger partial charge in [-0.3, -0.25) is 0 Å². The average Bonchev–Trinajstić information content (AvgIpc) is 2.32. The van der Waals surface area contributed by atoms with Crippen molar-refractivity contribution in [3.05, 3.63) is 11.4 Å². The molecule has 0 radical (unpaired) electrons. The molecule has 1 aromatic heterocycles. The van der Waals surface area contributed by atoms with Crippen LogP contribution in [0.3, 0.4) is 0 Å². The minimum Gasteiger partial charge on any atom is -0.370 e. The van der Waals surface area contributed by atoms with E-state index in [-0.39, 0.29) is 0 Å². The van der Waals surface area contributed by atoms with E-state index >= 15 is 0 Å². The molecular weight excluding hydrogens is 224 g/mol. The Morgan fingerprint density at radius 2 is 1.67 bits per heavy atom. The highest BCUT2D eigenvalue weighted by Crippen LogP contribution is 2.20. The molecule has 0 aliphatic heterocycles. The Morgan fingerprint density at radius 3 is 2.17 bits per heavy atom. The fourth-order valence-corrected chi connectivity index (χ4v) is 1.71. The highest BCUT2D eigenvalue weighted by molar-refractivity contribution is 5.57. The van der Waals surface area contributed by atoms with Crippen molar-refractivity contribution >= 4 is 11.6 Å². The van der Waals surface area contributed by atoms with Crippen LogP contribution in [0.5, 0.6) is 0 Å². The van der Waals surface area contributed by atoms with Gasteiger partial charge in [0.2, 0.25) is 0 Å². The van der Waals surface area contributed by atoms with Crippen molar-refractivity contribution in [2.45, 2.75) is 47.5 Å². The molecule has 18 heavy (non-hydrogen) atoms. The number of aromatic nitrogens is 2. The van der Waals surface area contributed by atoms with E-state index < -0.39 is 0 Å². The molecule has 0 amide bonds. The lowest BCUT2D eigenvalue weighted by Gasteiger charge is -2.15. The first-order chi connectivity index (χ1) is 8.58. The molecule has 102 valence electrons. The first-order valence-corrected chi connectivity index (χ1v) is 6.93. The third-order valence-electron chi connectivity index (χ3n) is 2.69. The van der Waals surface area contributed by atoms with Crippen molar-refractivity contribution in [2.24, 2.45) is 5.92 Å². The van der Waals surface area contributed by atoms with E-state index in [1.165, 1.54) is 0 Å². The molecule has 0 bridgehead atoms. The quantitative estimate of drug-likeness (QED) is 0.780. The largest absolute Gasteiger partial charge is 0.370 e. The van der Waals surface area contributed by atoms with Crippen LogP contribution in [0.15, 0.2) is 0 Å². The SMILES string of the molecule is CCCc1nc(NCC)c(C)c(NCC(C)C)n1. The maximum atomic E-state index is 4.61. The number of nitrogens with zero attached hydrogens (tertiary/aromatic N) is 2. The molecule has 0 saturated heterocycles. The monoisotopic (exact) mass is 250 g/mol. The van der Waals surface area contributed by atoms with Gasteiger partial charge in [0.1, 0.15) is 17.5 Å². The molecule has 0 aliphatic rings. The van der Waals surface area contributed by atoms with Crippen LogP contribution >= 0.6 is 0 Å². The van der Waals surface area contributed by atoms with Crippen LogP contribution < -0.4 is 10.6 Å². The predicted molar refractivity (Wildman–Crippen MR) is 78.3 cm³/mol. The summed E-state index contributed by atoms with van der Waals surface area (Å²) in [6.07, 6.45) is 1.99. The van der Waals surface area contributed by atoms with Gasteiger partial charge in [-0.15, -0.1) is 0 Å². The number of rotatable bonds is 7. The number of anilines is 2.